The van der Waals surface area contributed by atoms with Crippen LogP contribution >= 0.6 is 0 Å². The number of ether oxygens (including phenoxy) is 1. The number of rotatable bonds is 18. The molecule has 0 fully saturated rings. The predicted molar refractivity (Wildman–Crippen MR) is 155 cm³/mol. The summed E-state index contributed by atoms with van der Waals surface area (Å²) < 4.78 is 34.9. The SMILES string of the molecule is CCCCCCCCCCCC#CCC[C@@H](OCc1ccccc1)[C@H](C)NS(=O)(=O)c1ccc(C)cc1. The Morgan fingerprint density at radius 3 is 2.05 bits per heavy atom. The van der Waals surface area contributed by atoms with Gasteiger partial charge in [0.1, 0.15) is 0 Å². The molecule has 4 nitrogen and oxygen atoms in total. The van der Waals surface area contributed by atoms with Gasteiger partial charge in [-0.2, -0.15) is 0 Å². The quantitative estimate of drug-likeness (QED) is 0.159. The van der Waals surface area contributed by atoms with Gasteiger partial charge in [0.25, 0.3) is 0 Å². The lowest BCUT2D eigenvalue weighted by molar-refractivity contribution is 0.0192. The van der Waals surface area contributed by atoms with Crippen molar-refractivity contribution in [1.29, 1.82) is 0 Å². The molecule has 2 aromatic rings. The van der Waals surface area contributed by atoms with Crippen LogP contribution in [-0.4, -0.2) is 20.6 Å². The smallest absolute Gasteiger partial charge is 0.240 e. The molecule has 5 heteroatoms. The maximum atomic E-state index is 12.9. The Morgan fingerprint density at radius 2 is 1.41 bits per heavy atom. The van der Waals surface area contributed by atoms with Crippen LogP contribution in [0.3, 0.4) is 0 Å². The highest BCUT2D eigenvalue weighted by molar-refractivity contribution is 7.89. The van der Waals surface area contributed by atoms with Gasteiger partial charge in [-0.15, -0.1) is 11.8 Å². The zero-order chi connectivity index (χ0) is 26.8. The van der Waals surface area contributed by atoms with E-state index >= 15 is 0 Å². The second-order valence-electron chi connectivity index (χ2n) is 10.0. The van der Waals surface area contributed by atoms with Gasteiger partial charge in [0.2, 0.25) is 10.0 Å². The molecule has 0 aliphatic rings. The fraction of sp³-hybridized carbons (Fsp3) is 0.562. The summed E-state index contributed by atoms with van der Waals surface area (Å²) in [4.78, 5) is 0.271. The van der Waals surface area contributed by atoms with Crippen molar-refractivity contribution < 1.29 is 13.2 Å². The van der Waals surface area contributed by atoms with Crippen LogP contribution in [0.1, 0.15) is 102 Å². The summed E-state index contributed by atoms with van der Waals surface area (Å²) in [5, 5.41) is 0. The molecule has 204 valence electrons. The number of hydrogen-bond acceptors (Lipinski definition) is 3. The number of aryl methyl sites for hydroxylation is 1. The molecule has 37 heavy (non-hydrogen) atoms. The molecule has 0 radical (unpaired) electrons. The molecule has 0 amide bonds. The third-order valence-electron chi connectivity index (χ3n) is 6.62. The van der Waals surface area contributed by atoms with Crippen molar-refractivity contribution in [2.24, 2.45) is 0 Å². The van der Waals surface area contributed by atoms with E-state index in [1.54, 1.807) is 12.1 Å². The Hall–Kier alpha value is -2.13. The Balaban J connectivity index is 1.81. The monoisotopic (exact) mass is 525 g/mol. The summed E-state index contributed by atoms with van der Waals surface area (Å²) in [6.45, 7) is 6.51. The molecule has 2 atom stereocenters. The number of hydrogen-bond donors (Lipinski definition) is 1. The van der Waals surface area contributed by atoms with Gasteiger partial charge in [0.15, 0.2) is 0 Å². The van der Waals surface area contributed by atoms with E-state index in [4.69, 9.17) is 4.74 Å². The average Bonchev–Trinajstić information content (AvgIpc) is 2.89. The summed E-state index contributed by atoms with van der Waals surface area (Å²) in [5.41, 5.74) is 2.09. The Kier molecular flexibility index (Phi) is 15.3. The fourth-order valence-electron chi connectivity index (χ4n) is 4.28. The van der Waals surface area contributed by atoms with Crippen LogP contribution in [0.4, 0.5) is 0 Å². The maximum Gasteiger partial charge on any atom is 0.240 e. The van der Waals surface area contributed by atoms with E-state index in [0.717, 1.165) is 24.0 Å². The van der Waals surface area contributed by atoms with Crippen molar-refractivity contribution >= 4 is 10.0 Å². The first-order valence-electron chi connectivity index (χ1n) is 14.1. The second-order valence-corrected chi connectivity index (χ2v) is 11.7. The van der Waals surface area contributed by atoms with E-state index in [0.29, 0.717) is 19.4 Å². The predicted octanol–water partition coefficient (Wildman–Crippen LogP) is 7.95. The van der Waals surface area contributed by atoms with Gasteiger partial charge >= 0.3 is 0 Å². The van der Waals surface area contributed by atoms with E-state index in [-0.39, 0.29) is 17.0 Å². The minimum Gasteiger partial charge on any atom is -0.372 e. The van der Waals surface area contributed by atoms with Crippen molar-refractivity contribution in [2.75, 3.05) is 0 Å². The molecule has 2 rings (SSSR count). The summed E-state index contributed by atoms with van der Waals surface area (Å²) >= 11 is 0. The largest absolute Gasteiger partial charge is 0.372 e. The topological polar surface area (TPSA) is 55.4 Å². The Labute approximate surface area is 226 Å². The van der Waals surface area contributed by atoms with Gasteiger partial charge in [-0.3, -0.25) is 0 Å². The summed E-state index contributed by atoms with van der Waals surface area (Å²) in [6, 6.07) is 16.5. The molecule has 0 saturated heterocycles. The first-order chi connectivity index (χ1) is 17.9. The molecular formula is C32H47NO3S. The lowest BCUT2D eigenvalue weighted by Crippen LogP contribution is -2.42. The van der Waals surface area contributed by atoms with Crippen molar-refractivity contribution in [3.63, 3.8) is 0 Å². The molecule has 0 spiro atoms. The summed E-state index contributed by atoms with van der Waals surface area (Å²) in [6.07, 6.45) is 13.9. The van der Waals surface area contributed by atoms with Crippen LogP contribution in [0.15, 0.2) is 59.5 Å². The molecule has 0 aliphatic heterocycles. The Bertz CT molecular complexity index is 1020. The lowest BCUT2D eigenvalue weighted by atomic mass is 10.1. The maximum absolute atomic E-state index is 12.9. The molecule has 1 N–H and O–H groups in total. The zero-order valence-corrected chi connectivity index (χ0v) is 24.0. The lowest BCUT2D eigenvalue weighted by Gasteiger charge is -2.25. The van der Waals surface area contributed by atoms with Crippen LogP contribution in [0, 0.1) is 18.8 Å². The van der Waals surface area contributed by atoms with E-state index in [1.807, 2.05) is 56.3 Å². The minimum absolute atomic E-state index is 0.271. The molecule has 0 saturated carbocycles. The van der Waals surface area contributed by atoms with Gasteiger partial charge in [0, 0.05) is 18.9 Å². The van der Waals surface area contributed by atoms with Crippen molar-refractivity contribution in [3.05, 3.63) is 65.7 Å². The van der Waals surface area contributed by atoms with E-state index in [1.165, 1.54) is 51.4 Å². The van der Waals surface area contributed by atoms with E-state index in [9.17, 15) is 8.42 Å². The van der Waals surface area contributed by atoms with Crippen molar-refractivity contribution in [2.45, 2.75) is 121 Å². The van der Waals surface area contributed by atoms with E-state index in [2.05, 4.69) is 23.5 Å². The van der Waals surface area contributed by atoms with Crippen LogP contribution in [0.2, 0.25) is 0 Å². The van der Waals surface area contributed by atoms with Crippen LogP contribution in [0.25, 0.3) is 0 Å². The number of sulfonamides is 1. The van der Waals surface area contributed by atoms with Crippen LogP contribution in [-0.2, 0) is 21.4 Å². The second kappa shape index (κ2) is 18.2. The van der Waals surface area contributed by atoms with Crippen LogP contribution < -0.4 is 4.72 Å². The molecule has 0 aromatic heterocycles. The molecule has 2 aromatic carbocycles. The summed E-state index contributed by atoms with van der Waals surface area (Å²) in [7, 11) is -3.63. The van der Waals surface area contributed by atoms with E-state index < -0.39 is 10.0 Å². The molecular weight excluding hydrogens is 478 g/mol. The van der Waals surface area contributed by atoms with Crippen molar-refractivity contribution in [1.82, 2.24) is 4.72 Å². The zero-order valence-electron chi connectivity index (χ0n) is 23.2. The first-order valence-corrected chi connectivity index (χ1v) is 15.6. The third kappa shape index (κ3) is 13.3. The number of unbranched alkanes of at least 4 members (excludes halogenated alkanes) is 9. The van der Waals surface area contributed by atoms with Crippen LogP contribution in [0.5, 0.6) is 0 Å². The fourth-order valence-corrected chi connectivity index (χ4v) is 5.55. The van der Waals surface area contributed by atoms with Gasteiger partial charge in [0.05, 0.1) is 17.6 Å². The molecule has 0 heterocycles. The van der Waals surface area contributed by atoms with Gasteiger partial charge in [-0.05, 0) is 44.4 Å². The third-order valence-corrected chi connectivity index (χ3v) is 8.20. The van der Waals surface area contributed by atoms with Gasteiger partial charge < -0.3 is 4.74 Å². The highest BCUT2D eigenvalue weighted by Crippen LogP contribution is 2.16. The number of nitrogens with one attached hydrogen (secondary N) is 1. The first kappa shape index (κ1) is 31.1. The molecule has 0 unspecified atom stereocenters. The average molecular weight is 526 g/mol. The number of benzene rings is 2. The highest BCUT2D eigenvalue weighted by Gasteiger charge is 2.24. The highest BCUT2D eigenvalue weighted by atomic mass is 32.2. The molecule has 0 aliphatic carbocycles. The van der Waals surface area contributed by atoms with Gasteiger partial charge in [-0.25, -0.2) is 13.1 Å². The summed E-state index contributed by atoms with van der Waals surface area (Å²) in [5.74, 6) is 6.60. The van der Waals surface area contributed by atoms with Gasteiger partial charge in [-0.1, -0.05) is 106 Å². The van der Waals surface area contributed by atoms with Crippen molar-refractivity contribution in [3.8, 4) is 11.8 Å². The normalized spacial score (nSPS) is 13.1. The minimum atomic E-state index is -3.63. The Morgan fingerprint density at radius 1 is 0.811 bits per heavy atom. The standard InChI is InChI=1S/C32H47NO3S/c1-4-5-6-7-8-9-10-11-12-13-14-15-19-22-32(36-27-30-20-17-16-18-21-30)29(3)33-37(34,35)31-25-23-28(2)24-26-31/h16-18,20-21,23-26,29,32-33H,4-13,19,22,27H2,1-3H3/t29-,32+/m0/s1. The molecule has 0 bridgehead atoms.